The number of thioether (sulfide) groups is 1. The van der Waals surface area contributed by atoms with E-state index in [1.165, 1.54) is 5.56 Å². The smallest absolute Gasteiger partial charge is 0.0550 e. The van der Waals surface area contributed by atoms with Crippen LogP contribution in [0.2, 0.25) is 5.02 Å². The lowest BCUT2D eigenvalue weighted by Gasteiger charge is -2.11. The van der Waals surface area contributed by atoms with Gasteiger partial charge in [0.15, 0.2) is 0 Å². The zero-order valence-electron chi connectivity index (χ0n) is 11.2. The SMILES string of the molecule is CC(C)CNCc1ccc(SC(C)CO)c(Cl)c1. The predicted octanol–water partition coefficient (Wildman–Crippen LogP) is 3.56. The highest BCUT2D eigenvalue weighted by molar-refractivity contribution is 8.00. The van der Waals surface area contributed by atoms with Crippen molar-refractivity contribution in [2.75, 3.05) is 13.2 Å². The molecule has 0 aliphatic carbocycles. The highest BCUT2D eigenvalue weighted by atomic mass is 35.5. The quantitative estimate of drug-likeness (QED) is 0.752. The van der Waals surface area contributed by atoms with E-state index in [0.29, 0.717) is 5.92 Å². The number of rotatable bonds is 7. The lowest BCUT2D eigenvalue weighted by Crippen LogP contribution is -2.18. The normalized spacial score (nSPS) is 13.0. The van der Waals surface area contributed by atoms with Gasteiger partial charge in [0.05, 0.1) is 11.6 Å². The first kappa shape index (κ1) is 15.8. The summed E-state index contributed by atoms with van der Waals surface area (Å²) in [6.07, 6.45) is 0. The summed E-state index contributed by atoms with van der Waals surface area (Å²) in [6, 6.07) is 6.12. The van der Waals surface area contributed by atoms with E-state index >= 15 is 0 Å². The van der Waals surface area contributed by atoms with Crippen LogP contribution in [0.3, 0.4) is 0 Å². The average molecular weight is 288 g/mol. The van der Waals surface area contributed by atoms with Crippen LogP contribution in [0.15, 0.2) is 23.1 Å². The molecular weight excluding hydrogens is 266 g/mol. The van der Waals surface area contributed by atoms with E-state index in [0.717, 1.165) is 23.0 Å². The summed E-state index contributed by atoms with van der Waals surface area (Å²) >= 11 is 7.85. The molecule has 0 fully saturated rings. The van der Waals surface area contributed by atoms with Crippen LogP contribution in [-0.4, -0.2) is 23.5 Å². The van der Waals surface area contributed by atoms with E-state index in [2.05, 4.69) is 25.2 Å². The fourth-order valence-corrected chi connectivity index (χ4v) is 2.67. The van der Waals surface area contributed by atoms with Crippen molar-refractivity contribution < 1.29 is 5.11 Å². The third-order valence-corrected chi connectivity index (χ3v) is 4.05. The van der Waals surface area contributed by atoms with Crippen molar-refractivity contribution in [2.45, 2.75) is 37.5 Å². The van der Waals surface area contributed by atoms with Crippen molar-refractivity contribution in [1.82, 2.24) is 5.32 Å². The van der Waals surface area contributed by atoms with Crippen molar-refractivity contribution in [2.24, 2.45) is 5.92 Å². The van der Waals surface area contributed by atoms with E-state index < -0.39 is 0 Å². The van der Waals surface area contributed by atoms with Gasteiger partial charge in [0, 0.05) is 16.7 Å². The Hall–Kier alpha value is -0.220. The van der Waals surface area contributed by atoms with Gasteiger partial charge in [-0.2, -0.15) is 0 Å². The van der Waals surface area contributed by atoms with Crippen molar-refractivity contribution in [3.8, 4) is 0 Å². The second-order valence-corrected chi connectivity index (χ2v) is 6.79. The maximum absolute atomic E-state index is 9.04. The predicted molar refractivity (Wildman–Crippen MR) is 80.4 cm³/mol. The van der Waals surface area contributed by atoms with Gasteiger partial charge in [0.2, 0.25) is 0 Å². The van der Waals surface area contributed by atoms with Gasteiger partial charge in [-0.1, -0.05) is 38.4 Å². The molecule has 0 radical (unpaired) electrons. The Morgan fingerprint density at radius 2 is 2.06 bits per heavy atom. The molecule has 0 amide bonds. The maximum atomic E-state index is 9.04. The first-order chi connectivity index (χ1) is 8.52. The van der Waals surface area contributed by atoms with Gasteiger partial charge in [0.1, 0.15) is 0 Å². The summed E-state index contributed by atoms with van der Waals surface area (Å²) < 4.78 is 0. The van der Waals surface area contributed by atoms with Crippen LogP contribution in [-0.2, 0) is 6.54 Å². The van der Waals surface area contributed by atoms with Crippen LogP contribution in [0, 0.1) is 5.92 Å². The summed E-state index contributed by atoms with van der Waals surface area (Å²) in [7, 11) is 0. The molecule has 0 spiro atoms. The molecule has 0 bridgehead atoms. The Morgan fingerprint density at radius 3 is 2.61 bits per heavy atom. The van der Waals surface area contributed by atoms with Crippen LogP contribution >= 0.6 is 23.4 Å². The van der Waals surface area contributed by atoms with Gasteiger partial charge < -0.3 is 10.4 Å². The minimum Gasteiger partial charge on any atom is -0.395 e. The van der Waals surface area contributed by atoms with Crippen LogP contribution < -0.4 is 5.32 Å². The zero-order valence-corrected chi connectivity index (χ0v) is 12.8. The molecule has 0 saturated heterocycles. The number of halogens is 1. The lowest BCUT2D eigenvalue weighted by molar-refractivity contribution is 0.300. The molecule has 18 heavy (non-hydrogen) atoms. The van der Waals surface area contributed by atoms with Gasteiger partial charge >= 0.3 is 0 Å². The fourth-order valence-electron chi connectivity index (χ4n) is 1.51. The standard InChI is InChI=1S/C14H22ClNOS/c1-10(2)7-16-8-12-4-5-14(13(15)6-12)18-11(3)9-17/h4-6,10-11,16-17H,7-9H2,1-3H3. The Bertz CT molecular complexity index is 371. The van der Waals surface area contributed by atoms with Crippen molar-refractivity contribution in [3.63, 3.8) is 0 Å². The summed E-state index contributed by atoms with van der Waals surface area (Å²) in [5.41, 5.74) is 1.20. The molecule has 1 aromatic rings. The Balaban J connectivity index is 2.56. The van der Waals surface area contributed by atoms with Gasteiger partial charge in [-0.3, -0.25) is 0 Å². The summed E-state index contributed by atoms with van der Waals surface area (Å²) in [5, 5.41) is 13.4. The molecule has 0 aliphatic rings. The molecule has 0 aromatic heterocycles. The van der Waals surface area contributed by atoms with E-state index in [1.807, 2.05) is 19.1 Å². The molecule has 0 saturated carbocycles. The van der Waals surface area contributed by atoms with Gasteiger partial charge in [-0.25, -0.2) is 0 Å². The van der Waals surface area contributed by atoms with Gasteiger partial charge in [-0.05, 0) is 30.2 Å². The highest BCUT2D eigenvalue weighted by Crippen LogP contribution is 2.30. The largest absolute Gasteiger partial charge is 0.395 e. The van der Waals surface area contributed by atoms with Crippen molar-refractivity contribution in [3.05, 3.63) is 28.8 Å². The third kappa shape index (κ3) is 5.61. The van der Waals surface area contributed by atoms with Gasteiger partial charge in [0.25, 0.3) is 0 Å². The molecule has 2 N–H and O–H groups in total. The molecule has 1 aromatic carbocycles. The number of benzene rings is 1. The second kappa shape index (κ2) is 8.05. The average Bonchev–Trinajstić information content (AvgIpc) is 2.32. The zero-order chi connectivity index (χ0) is 13.5. The Kier molecular flexibility index (Phi) is 7.08. The molecule has 1 unspecified atom stereocenters. The Morgan fingerprint density at radius 1 is 1.33 bits per heavy atom. The van der Waals surface area contributed by atoms with Crippen LogP contribution in [0.4, 0.5) is 0 Å². The second-order valence-electron chi connectivity index (χ2n) is 4.90. The number of aliphatic hydroxyl groups is 1. The first-order valence-electron chi connectivity index (χ1n) is 6.29. The molecule has 1 rings (SSSR count). The highest BCUT2D eigenvalue weighted by Gasteiger charge is 2.07. The van der Waals surface area contributed by atoms with Crippen LogP contribution in [0.1, 0.15) is 26.3 Å². The monoisotopic (exact) mass is 287 g/mol. The summed E-state index contributed by atoms with van der Waals surface area (Å²) in [5.74, 6) is 0.653. The van der Waals surface area contributed by atoms with E-state index in [4.69, 9.17) is 16.7 Å². The number of hydrogen-bond acceptors (Lipinski definition) is 3. The minimum atomic E-state index is 0.165. The first-order valence-corrected chi connectivity index (χ1v) is 7.55. The maximum Gasteiger partial charge on any atom is 0.0550 e. The number of aliphatic hydroxyl groups excluding tert-OH is 1. The topological polar surface area (TPSA) is 32.3 Å². The van der Waals surface area contributed by atoms with E-state index in [9.17, 15) is 0 Å². The van der Waals surface area contributed by atoms with E-state index in [1.54, 1.807) is 11.8 Å². The third-order valence-electron chi connectivity index (χ3n) is 2.46. The molecule has 4 heteroatoms. The molecular formula is C14H22ClNOS. The van der Waals surface area contributed by atoms with Crippen LogP contribution in [0.25, 0.3) is 0 Å². The molecule has 102 valence electrons. The molecule has 1 atom stereocenters. The lowest BCUT2D eigenvalue weighted by atomic mass is 10.2. The minimum absolute atomic E-state index is 0.165. The molecule has 0 aliphatic heterocycles. The van der Waals surface area contributed by atoms with Gasteiger partial charge in [-0.15, -0.1) is 11.8 Å². The molecule has 0 heterocycles. The van der Waals surface area contributed by atoms with Crippen molar-refractivity contribution in [1.29, 1.82) is 0 Å². The van der Waals surface area contributed by atoms with Crippen molar-refractivity contribution >= 4 is 23.4 Å². The summed E-state index contributed by atoms with van der Waals surface area (Å²) in [6.45, 7) is 8.39. The molecule has 2 nitrogen and oxygen atoms in total. The summed E-state index contributed by atoms with van der Waals surface area (Å²) in [4.78, 5) is 1.03. The van der Waals surface area contributed by atoms with E-state index in [-0.39, 0.29) is 11.9 Å². The van der Waals surface area contributed by atoms with Crippen LogP contribution in [0.5, 0.6) is 0 Å². The number of nitrogens with one attached hydrogen (secondary N) is 1. The fraction of sp³-hybridized carbons (Fsp3) is 0.571. The Labute approximate surface area is 119 Å². The number of hydrogen-bond donors (Lipinski definition) is 2.